The van der Waals surface area contributed by atoms with Crippen LogP contribution in [0.4, 0.5) is 9.18 Å². The van der Waals surface area contributed by atoms with Crippen molar-refractivity contribution in [3.05, 3.63) is 23.8 Å². The molecule has 0 aliphatic heterocycles. The molecule has 1 fully saturated rings. The zero-order chi connectivity index (χ0) is 16.5. The summed E-state index contributed by atoms with van der Waals surface area (Å²) in [6.45, 7) is 5.28. The molecule has 1 aliphatic rings. The number of hydrogen-bond donors (Lipinski definition) is 1. The molecule has 1 aromatic carbocycles. The number of rotatable bonds is 4. The maximum absolute atomic E-state index is 14.0. The normalized spacial score (nSPS) is 23.6. The van der Waals surface area contributed by atoms with E-state index in [0.29, 0.717) is 17.1 Å². The van der Waals surface area contributed by atoms with Gasteiger partial charge >= 0.3 is 6.09 Å². The average Bonchev–Trinajstić information content (AvgIpc) is 3.06. The molecule has 1 saturated carbocycles. The van der Waals surface area contributed by atoms with Crippen molar-refractivity contribution in [2.45, 2.75) is 44.5 Å². The topological polar surface area (TPSA) is 56.8 Å². The van der Waals surface area contributed by atoms with E-state index in [-0.39, 0.29) is 6.42 Å². The smallest absolute Gasteiger partial charge is 0.408 e. The van der Waals surface area contributed by atoms with Crippen LogP contribution in [0.1, 0.15) is 32.8 Å². The van der Waals surface area contributed by atoms with E-state index >= 15 is 0 Å². The lowest BCUT2D eigenvalue weighted by Crippen LogP contribution is -2.40. The molecule has 0 spiro atoms. The molecule has 0 bridgehead atoms. The molecule has 1 aliphatic carbocycles. The Hall–Kier alpha value is -1.98. The summed E-state index contributed by atoms with van der Waals surface area (Å²) in [4.78, 5) is 12.0. The fourth-order valence-corrected chi connectivity index (χ4v) is 2.32. The van der Waals surface area contributed by atoms with Gasteiger partial charge in [-0.05, 0) is 38.5 Å². The predicted molar refractivity (Wildman–Crippen MR) is 80.1 cm³/mol. The predicted octanol–water partition coefficient (Wildman–Crippen LogP) is 3.17. The van der Waals surface area contributed by atoms with E-state index < -0.39 is 23.4 Å². The molecular formula is C16H22FNO4. The van der Waals surface area contributed by atoms with Gasteiger partial charge in [0.25, 0.3) is 0 Å². The summed E-state index contributed by atoms with van der Waals surface area (Å²) >= 11 is 0. The first-order valence-corrected chi connectivity index (χ1v) is 7.09. The fraction of sp³-hybridized carbons (Fsp3) is 0.562. The number of hydrogen-bond acceptors (Lipinski definition) is 4. The molecule has 2 atom stereocenters. The number of benzene rings is 1. The summed E-state index contributed by atoms with van der Waals surface area (Å²) in [5.74, 6) is 1.04. The highest BCUT2D eigenvalue weighted by Crippen LogP contribution is 2.50. The Morgan fingerprint density at radius 2 is 1.86 bits per heavy atom. The van der Waals surface area contributed by atoms with Crippen molar-refractivity contribution in [2.75, 3.05) is 14.2 Å². The van der Waals surface area contributed by atoms with E-state index in [1.807, 2.05) is 0 Å². The van der Waals surface area contributed by atoms with E-state index in [0.717, 1.165) is 0 Å². The van der Waals surface area contributed by atoms with Gasteiger partial charge in [0.2, 0.25) is 0 Å². The highest BCUT2D eigenvalue weighted by Gasteiger charge is 2.58. The van der Waals surface area contributed by atoms with Crippen molar-refractivity contribution in [3.63, 3.8) is 0 Å². The lowest BCUT2D eigenvalue weighted by Gasteiger charge is -2.24. The molecule has 2 rings (SSSR count). The summed E-state index contributed by atoms with van der Waals surface area (Å²) in [5, 5.41) is 2.65. The van der Waals surface area contributed by atoms with Crippen LogP contribution in [0.3, 0.4) is 0 Å². The first-order valence-electron chi connectivity index (χ1n) is 7.09. The van der Waals surface area contributed by atoms with Gasteiger partial charge in [-0.1, -0.05) is 6.07 Å². The average molecular weight is 311 g/mol. The second-order valence-corrected chi connectivity index (χ2v) is 6.34. The first kappa shape index (κ1) is 16.4. The molecule has 2 unspecified atom stereocenters. The molecule has 1 N–H and O–H groups in total. The molecule has 1 aromatic rings. The van der Waals surface area contributed by atoms with Gasteiger partial charge in [-0.15, -0.1) is 0 Å². The molecule has 5 nitrogen and oxygen atoms in total. The summed E-state index contributed by atoms with van der Waals surface area (Å²) in [5.41, 5.74) is -1.06. The molecule has 0 radical (unpaired) electrons. The quantitative estimate of drug-likeness (QED) is 0.928. The zero-order valence-electron chi connectivity index (χ0n) is 13.5. The van der Waals surface area contributed by atoms with E-state index in [2.05, 4.69) is 5.32 Å². The van der Waals surface area contributed by atoms with E-state index in [1.165, 1.54) is 14.2 Å². The Kier molecular flexibility index (Phi) is 4.22. The third-order valence-electron chi connectivity index (χ3n) is 3.50. The number of halogens is 1. The number of ether oxygens (including phenoxy) is 3. The van der Waals surface area contributed by atoms with Crippen molar-refractivity contribution in [2.24, 2.45) is 0 Å². The Morgan fingerprint density at radius 3 is 2.32 bits per heavy atom. The molecule has 0 aromatic heterocycles. The van der Waals surface area contributed by atoms with Gasteiger partial charge in [0.1, 0.15) is 17.3 Å². The van der Waals surface area contributed by atoms with Gasteiger partial charge in [0, 0.05) is 6.42 Å². The van der Waals surface area contributed by atoms with Crippen LogP contribution in [0.2, 0.25) is 0 Å². The van der Waals surface area contributed by atoms with Gasteiger partial charge in [0.05, 0.1) is 14.2 Å². The monoisotopic (exact) mass is 311 g/mol. The minimum Gasteiger partial charge on any atom is -0.493 e. The number of alkyl halides is 1. The number of amides is 1. The maximum Gasteiger partial charge on any atom is 0.408 e. The number of carbonyl (C=O) groups is 1. The van der Waals surface area contributed by atoms with Gasteiger partial charge in [-0.2, -0.15) is 0 Å². The number of methoxy groups -OCH3 is 2. The summed E-state index contributed by atoms with van der Waals surface area (Å²) in [6.07, 6.45) is -1.58. The van der Waals surface area contributed by atoms with Crippen LogP contribution < -0.4 is 14.8 Å². The fourth-order valence-electron chi connectivity index (χ4n) is 2.32. The van der Waals surface area contributed by atoms with Crippen LogP contribution in [0, 0.1) is 0 Å². The lowest BCUT2D eigenvalue weighted by atomic mass is 10.0. The summed E-state index contributed by atoms with van der Waals surface area (Å²) < 4.78 is 29.6. The third-order valence-corrected chi connectivity index (χ3v) is 3.50. The van der Waals surface area contributed by atoms with Crippen molar-refractivity contribution < 1.29 is 23.4 Å². The number of alkyl carbamates (subject to hydrolysis) is 1. The molecule has 0 heterocycles. The number of carbonyl (C=O) groups excluding carboxylic acids is 1. The summed E-state index contributed by atoms with van der Waals surface area (Å²) in [6, 6.07) is 5.09. The van der Waals surface area contributed by atoms with Crippen molar-refractivity contribution in [1.29, 1.82) is 0 Å². The molecule has 22 heavy (non-hydrogen) atoms. The second kappa shape index (κ2) is 5.66. The third kappa shape index (κ3) is 3.26. The maximum atomic E-state index is 14.0. The van der Waals surface area contributed by atoms with Crippen LogP contribution in [0.15, 0.2) is 18.2 Å². The van der Waals surface area contributed by atoms with Crippen molar-refractivity contribution in [1.82, 2.24) is 5.32 Å². The van der Waals surface area contributed by atoms with E-state index in [4.69, 9.17) is 14.2 Å². The molecule has 122 valence electrons. The van der Waals surface area contributed by atoms with Crippen molar-refractivity contribution >= 4 is 6.09 Å². The van der Waals surface area contributed by atoms with Crippen LogP contribution in [-0.4, -0.2) is 32.1 Å². The van der Waals surface area contributed by atoms with Crippen LogP contribution >= 0.6 is 0 Å². The zero-order valence-corrected chi connectivity index (χ0v) is 13.5. The van der Waals surface area contributed by atoms with Crippen LogP contribution in [-0.2, 0) is 10.3 Å². The minimum atomic E-state index is -1.15. The molecular weight excluding hydrogens is 289 g/mol. The van der Waals surface area contributed by atoms with Crippen molar-refractivity contribution in [3.8, 4) is 11.5 Å². The van der Waals surface area contributed by atoms with E-state index in [9.17, 15) is 9.18 Å². The lowest BCUT2D eigenvalue weighted by molar-refractivity contribution is 0.0485. The molecule has 1 amide bonds. The Balaban J connectivity index is 2.23. The van der Waals surface area contributed by atoms with Gasteiger partial charge in [0.15, 0.2) is 11.5 Å². The first-order chi connectivity index (χ1) is 10.2. The second-order valence-electron chi connectivity index (χ2n) is 6.34. The van der Waals surface area contributed by atoms with E-state index in [1.54, 1.807) is 39.0 Å². The standard InChI is InChI=1S/C16H22FNO4/c1-15(2,3)22-14(19)18-16(9-13(16)17)10-6-7-11(20-4)12(8-10)21-5/h6-8,13H,9H2,1-5H3,(H,18,19). The highest BCUT2D eigenvalue weighted by atomic mass is 19.1. The van der Waals surface area contributed by atoms with Crippen LogP contribution in [0.25, 0.3) is 0 Å². The number of nitrogens with one attached hydrogen (secondary N) is 1. The molecule has 6 heteroatoms. The minimum absolute atomic E-state index is 0.210. The SMILES string of the molecule is COc1ccc(C2(NC(=O)OC(C)(C)C)CC2F)cc1OC. The van der Waals surface area contributed by atoms with Gasteiger partial charge < -0.3 is 19.5 Å². The Labute approximate surface area is 129 Å². The Bertz CT molecular complexity index is 570. The highest BCUT2D eigenvalue weighted by molar-refractivity contribution is 5.70. The summed E-state index contributed by atoms with van der Waals surface area (Å²) in [7, 11) is 3.04. The largest absolute Gasteiger partial charge is 0.493 e. The van der Waals surface area contributed by atoms with Gasteiger partial charge in [-0.3, -0.25) is 0 Å². The van der Waals surface area contributed by atoms with Gasteiger partial charge in [-0.25, -0.2) is 9.18 Å². The molecule has 0 saturated heterocycles. The Morgan fingerprint density at radius 1 is 1.27 bits per heavy atom. The van der Waals surface area contributed by atoms with Crippen LogP contribution in [0.5, 0.6) is 11.5 Å².